The molecule has 2 N–H and O–H groups in total. The van der Waals surface area contributed by atoms with Crippen LogP contribution in [0, 0.1) is 11.3 Å². The molecule has 5 nitrogen and oxygen atoms in total. The topological polar surface area (TPSA) is 82.0 Å². The second-order valence-electron chi connectivity index (χ2n) is 5.31. The summed E-state index contributed by atoms with van der Waals surface area (Å²) < 4.78 is 39.0. The summed E-state index contributed by atoms with van der Waals surface area (Å²) in [5.41, 5.74) is -0.581. The summed E-state index contributed by atoms with van der Waals surface area (Å²) in [6.07, 6.45) is -4.91. The maximum atomic E-state index is 13.0. The lowest BCUT2D eigenvalue weighted by Crippen LogP contribution is -2.22. The van der Waals surface area contributed by atoms with Crippen molar-refractivity contribution in [1.29, 1.82) is 5.26 Å². The third-order valence-corrected chi connectivity index (χ3v) is 3.39. The fraction of sp³-hybridized carbons (Fsp3) is 0.167. The molecule has 0 saturated carbocycles. The van der Waals surface area contributed by atoms with Crippen LogP contribution >= 0.6 is 0 Å². The monoisotopic (exact) mass is 361 g/mol. The average molecular weight is 361 g/mol. The van der Waals surface area contributed by atoms with Gasteiger partial charge in [-0.1, -0.05) is 24.3 Å². The SMILES string of the molecule is N#CCC(=O)NCc1cccc(NC(=O)c2ccccc2C(F)(F)F)c1. The van der Waals surface area contributed by atoms with Crippen molar-refractivity contribution >= 4 is 17.5 Å². The number of carbonyl (C=O) groups excluding carboxylic acids is 2. The van der Waals surface area contributed by atoms with E-state index in [-0.39, 0.29) is 13.0 Å². The van der Waals surface area contributed by atoms with E-state index in [1.54, 1.807) is 18.2 Å². The minimum Gasteiger partial charge on any atom is -0.351 e. The van der Waals surface area contributed by atoms with E-state index in [9.17, 15) is 22.8 Å². The molecule has 0 saturated heterocycles. The summed E-state index contributed by atoms with van der Waals surface area (Å²) in [5.74, 6) is -1.33. The number of nitrogens with zero attached hydrogens (tertiary/aromatic N) is 1. The van der Waals surface area contributed by atoms with Crippen LogP contribution in [0.4, 0.5) is 18.9 Å². The van der Waals surface area contributed by atoms with E-state index in [0.717, 1.165) is 12.1 Å². The lowest BCUT2D eigenvalue weighted by Gasteiger charge is -2.13. The number of benzene rings is 2. The predicted molar refractivity (Wildman–Crippen MR) is 87.9 cm³/mol. The van der Waals surface area contributed by atoms with Gasteiger partial charge >= 0.3 is 6.18 Å². The van der Waals surface area contributed by atoms with Gasteiger partial charge in [0.1, 0.15) is 6.42 Å². The van der Waals surface area contributed by atoms with Gasteiger partial charge in [0.25, 0.3) is 5.91 Å². The van der Waals surface area contributed by atoms with E-state index in [1.807, 2.05) is 0 Å². The van der Waals surface area contributed by atoms with Crippen LogP contribution in [-0.2, 0) is 17.5 Å². The first-order valence-corrected chi connectivity index (χ1v) is 7.51. The van der Waals surface area contributed by atoms with Crippen LogP contribution in [0.5, 0.6) is 0 Å². The Balaban J connectivity index is 2.12. The molecule has 0 fully saturated rings. The molecule has 0 aliphatic rings. The smallest absolute Gasteiger partial charge is 0.351 e. The first-order chi connectivity index (χ1) is 12.3. The summed E-state index contributed by atoms with van der Waals surface area (Å²) >= 11 is 0. The highest BCUT2D eigenvalue weighted by molar-refractivity contribution is 6.05. The van der Waals surface area contributed by atoms with Gasteiger partial charge in [0.2, 0.25) is 5.91 Å². The Morgan fingerprint density at radius 3 is 2.50 bits per heavy atom. The predicted octanol–water partition coefficient (Wildman–Crippen LogP) is 3.49. The number of amides is 2. The lowest BCUT2D eigenvalue weighted by atomic mass is 10.1. The van der Waals surface area contributed by atoms with E-state index in [0.29, 0.717) is 11.3 Å². The second-order valence-corrected chi connectivity index (χ2v) is 5.31. The molecule has 134 valence electrons. The van der Waals surface area contributed by atoms with Gasteiger partial charge in [0.15, 0.2) is 0 Å². The summed E-state index contributed by atoms with van der Waals surface area (Å²) in [6, 6.07) is 12.5. The molecular formula is C18H14F3N3O2. The molecule has 2 amide bonds. The van der Waals surface area contributed by atoms with Gasteiger partial charge in [-0.2, -0.15) is 18.4 Å². The standard InChI is InChI=1S/C18H14F3N3O2/c19-18(20,21)15-7-2-1-6-14(15)17(26)24-13-5-3-4-12(10-13)11-23-16(25)8-9-22/h1-7,10H,8,11H2,(H,23,25)(H,24,26). The Labute approximate surface area is 147 Å². The fourth-order valence-corrected chi connectivity index (χ4v) is 2.22. The number of nitriles is 1. The van der Waals surface area contributed by atoms with Crippen LogP contribution in [-0.4, -0.2) is 11.8 Å². The van der Waals surface area contributed by atoms with Gasteiger partial charge in [0, 0.05) is 12.2 Å². The zero-order chi connectivity index (χ0) is 19.2. The highest BCUT2D eigenvalue weighted by atomic mass is 19.4. The van der Waals surface area contributed by atoms with Gasteiger partial charge in [-0.3, -0.25) is 9.59 Å². The Hall–Kier alpha value is -3.34. The maximum absolute atomic E-state index is 13.0. The molecule has 0 aliphatic carbocycles. The third-order valence-electron chi connectivity index (χ3n) is 3.39. The number of alkyl halides is 3. The molecule has 0 aromatic heterocycles. The molecule has 2 aromatic rings. The molecule has 0 aliphatic heterocycles. The van der Waals surface area contributed by atoms with Gasteiger partial charge in [-0.25, -0.2) is 0 Å². The van der Waals surface area contributed by atoms with Crippen molar-refractivity contribution in [3.63, 3.8) is 0 Å². The molecule has 0 spiro atoms. The number of rotatable bonds is 5. The molecule has 2 rings (SSSR count). The minimum atomic E-state index is -4.64. The summed E-state index contributed by atoms with van der Waals surface area (Å²) in [7, 11) is 0. The van der Waals surface area contributed by atoms with E-state index < -0.39 is 29.1 Å². The molecule has 0 radical (unpaired) electrons. The number of halogens is 3. The van der Waals surface area contributed by atoms with E-state index in [1.165, 1.54) is 24.3 Å². The van der Waals surface area contributed by atoms with E-state index in [2.05, 4.69) is 10.6 Å². The molecule has 0 unspecified atom stereocenters. The first kappa shape index (κ1) is 19.0. The van der Waals surface area contributed by atoms with Crippen molar-refractivity contribution < 1.29 is 22.8 Å². The van der Waals surface area contributed by atoms with Gasteiger partial charge in [-0.05, 0) is 29.8 Å². The summed E-state index contributed by atoms with van der Waals surface area (Å²) in [6.45, 7) is 0.128. The highest BCUT2D eigenvalue weighted by Gasteiger charge is 2.34. The Morgan fingerprint density at radius 1 is 1.08 bits per heavy atom. The number of nitrogens with one attached hydrogen (secondary N) is 2. The van der Waals surface area contributed by atoms with Crippen LogP contribution < -0.4 is 10.6 Å². The lowest BCUT2D eigenvalue weighted by molar-refractivity contribution is -0.137. The number of carbonyl (C=O) groups is 2. The maximum Gasteiger partial charge on any atom is 0.417 e. The quantitative estimate of drug-likeness (QED) is 0.855. The molecular weight excluding hydrogens is 347 g/mol. The molecule has 0 heterocycles. The van der Waals surface area contributed by atoms with Crippen LogP contribution in [0.3, 0.4) is 0 Å². The van der Waals surface area contributed by atoms with Gasteiger partial charge in [-0.15, -0.1) is 0 Å². The number of hydrogen-bond donors (Lipinski definition) is 2. The van der Waals surface area contributed by atoms with Crippen LogP contribution in [0.15, 0.2) is 48.5 Å². The van der Waals surface area contributed by atoms with Crippen molar-refractivity contribution in [1.82, 2.24) is 5.32 Å². The van der Waals surface area contributed by atoms with E-state index >= 15 is 0 Å². The Morgan fingerprint density at radius 2 is 1.81 bits per heavy atom. The van der Waals surface area contributed by atoms with Crippen LogP contribution in [0.1, 0.15) is 27.9 Å². The van der Waals surface area contributed by atoms with Crippen LogP contribution in [0.2, 0.25) is 0 Å². The Bertz CT molecular complexity index is 857. The van der Waals surface area contributed by atoms with Gasteiger partial charge in [0.05, 0.1) is 17.2 Å². The second kappa shape index (κ2) is 8.16. The molecule has 0 bridgehead atoms. The van der Waals surface area contributed by atoms with Crippen molar-refractivity contribution in [3.05, 3.63) is 65.2 Å². The zero-order valence-electron chi connectivity index (χ0n) is 13.4. The number of hydrogen-bond acceptors (Lipinski definition) is 3. The van der Waals surface area contributed by atoms with Crippen LogP contribution in [0.25, 0.3) is 0 Å². The number of anilines is 1. The normalized spacial score (nSPS) is 10.7. The molecule has 26 heavy (non-hydrogen) atoms. The van der Waals surface area contributed by atoms with Crippen molar-refractivity contribution in [3.8, 4) is 6.07 Å². The first-order valence-electron chi connectivity index (χ1n) is 7.51. The summed E-state index contributed by atoms with van der Waals surface area (Å²) in [4.78, 5) is 23.5. The highest BCUT2D eigenvalue weighted by Crippen LogP contribution is 2.32. The third kappa shape index (κ3) is 5.08. The van der Waals surface area contributed by atoms with Crippen molar-refractivity contribution in [2.75, 3.05) is 5.32 Å². The van der Waals surface area contributed by atoms with E-state index in [4.69, 9.17) is 5.26 Å². The van der Waals surface area contributed by atoms with Crippen molar-refractivity contribution in [2.24, 2.45) is 0 Å². The largest absolute Gasteiger partial charge is 0.417 e. The fourth-order valence-electron chi connectivity index (χ4n) is 2.22. The Kier molecular flexibility index (Phi) is 5.96. The minimum absolute atomic E-state index is 0.128. The zero-order valence-corrected chi connectivity index (χ0v) is 13.4. The molecule has 8 heteroatoms. The average Bonchev–Trinajstić information content (AvgIpc) is 2.60. The van der Waals surface area contributed by atoms with Gasteiger partial charge < -0.3 is 10.6 Å². The molecule has 2 aromatic carbocycles. The summed E-state index contributed by atoms with van der Waals surface area (Å²) in [5, 5.41) is 13.4. The molecule has 0 atom stereocenters. The van der Waals surface area contributed by atoms with Crippen molar-refractivity contribution in [2.45, 2.75) is 19.1 Å².